The fourth-order valence-electron chi connectivity index (χ4n) is 4.25. The number of para-hydroxylation sites is 1. The third-order valence-electron chi connectivity index (χ3n) is 6.22. The number of hydrogen-bond donors (Lipinski definition) is 4. The van der Waals surface area contributed by atoms with Crippen LogP contribution in [0.1, 0.15) is 41.1 Å². The molecule has 0 fully saturated rings. The standard InChI is InChI=1S/C27H28N4O2/c1-18(27(32)33)20-12-10-19(11-13-20)14-15-29-25(21-6-3-2-4-7-21)24-17-30-23-9-5-8-22(16-28)26(23)31-24/h2-13,18,24-25,29-31H,14-15,17H2,1H3,(H,32,33)/t18-,24+,25+/m0/s1. The molecule has 0 amide bonds. The van der Waals surface area contributed by atoms with E-state index in [2.05, 4.69) is 34.2 Å². The van der Waals surface area contributed by atoms with Gasteiger partial charge in [0.25, 0.3) is 0 Å². The van der Waals surface area contributed by atoms with E-state index in [0.717, 1.165) is 42.0 Å². The van der Waals surface area contributed by atoms with E-state index in [1.165, 1.54) is 5.56 Å². The van der Waals surface area contributed by atoms with Crippen molar-refractivity contribution in [3.05, 3.63) is 95.1 Å². The Hall–Kier alpha value is -3.82. The highest BCUT2D eigenvalue weighted by Crippen LogP contribution is 2.33. The molecule has 33 heavy (non-hydrogen) atoms. The summed E-state index contributed by atoms with van der Waals surface area (Å²) in [5.74, 6) is -1.32. The number of benzene rings is 3. The molecule has 0 saturated carbocycles. The second kappa shape index (κ2) is 10.2. The SMILES string of the molecule is C[C@H](C(=O)O)c1ccc(CCN[C@H](c2ccccc2)[C@H]2CNc3cccc(C#N)c3N2)cc1. The Bertz CT molecular complexity index is 1140. The normalized spacial score (nSPS) is 16.4. The molecule has 0 bridgehead atoms. The molecule has 6 heteroatoms. The van der Waals surface area contributed by atoms with Gasteiger partial charge in [-0.2, -0.15) is 5.26 Å². The molecule has 0 aromatic heterocycles. The molecular formula is C27H28N4O2. The van der Waals surface area contributed by atoms with Gasteiger partial charge in [0, 0.05) is 6.54 Å². The molecule has 1 aliphatic heterocycles. The van der Waals surface area contributed by atoms with Crippen molar-refractivity contribution < 1.29 is 9.90 Å². The fourth-order valence-corrected chi connectivity index (χ4v) is 4.25. The van der Waals surface area contributed by atoms with E-state index in [-0.39, 0.29) is 12.1 Å². The number of anilines is 2. The Morgan fingerprint density at radius 1 is 1.09 bits per heavy atom. The zero-order valence-corrected chi connectivity index (χ0v) is 18.6. The summed E-state index contributed by atoms with van der Waals surface area (Å²) in [4.78, 5) is 11.2. The first-order valence-electron chi connectivity index (χ1n) is 11.2. The number of hydrogen-bond acceptors (Lipinski definition) is 5. The van der Waals surface area contributed by atoms with Crippen LogP contribution >= 0.6 is 0 Å². The summed E-state index contributed by atoms with van der Waals surface area (Å²) < 4.78 is 0. The van der Waals surface area contributed by atoms with Crippen molar-refractivity contribution in [2.45, 2.75) is 31.3 Å². The van der Waals surface area contributed by atoms with E-state index in [0.29, 0.717) is 5.56 Å². The smallest absolute Gasteiger partial charge is 0.310 e. The van der Waals surface area contributed by atoms with Crippen LogP contribution in [0, 0.1) is 11.3 Å². The number of carboxylic acid groups (broad SMARTS) is 1. The molecule has 0 saturated heterocycles. The lowest BCUT2D eigenvalue weighted by molar-refractivity contribution is -0.138. The number of fused-ring (bicyclic) bond motifs is 1. The minimum atomic E-state index is -0.815. The Morgan fingerprint density at radius 2 is 1.85 bits per heavy atom. The highest BCUT2D eigenvalue weighted by Gasteiger charge is 2.27. The van der Waals surface area contributed by atoms with Crippen molar-refractivity contribution in [2.75, 3.05) is 23.7 Å². The van der Waals surface area contributed by atoms with Crippen LogP contribution in [0.3, 0.4) is 0 Å². The zero-order valence-electron chi connectivity index (χ0n) is 18.6. The molecule has 0 radical (unpaired) electrons. The number of carbonyl (C=O) groups is 1. The number of nitriles is 1. The minimum absolute atomic E-state index is 0.0462. The zero-order chi connectivity index (χ0) is 23.2. The summed E-state index contributed by atoms with van der Waals surface area (Å²) in [7, 11) is 0. The predicted molar refractivity (Wildman–Crippen MR) is 130 cm³/mol. The lowest BCUT2D eigenvalue weighted by Gasteiger charge is -2.35. The molecule has 3 atom stereocenters. The van der Waals surface area contributed by atoms with E-state index < -0.39 is 11.9 Å². The molecule has 4 rings (SSSR count). The molecule has 0 aliphatic carbocycles. The maximum atomic E-state index is 11.2. The van der Waals surface area contributed by atoms with Gasteiger partial charge in [-0.15, -0.1) is 0 Å². The number of carboxylic acids is 1. The Kier molecular flexibility index (Phi) is 6.92. The van der Waals surface area contributed by atoms with Crippen molar-refractivity contribution in [2.24, 2.45) is 0 Å². The van der Waals surface area contributed by atoms with Crippen molar-refractivity contribution in [3.63, 3.8) is 0 Å². The van der Waals surface area contributed by atoms with Gasteiger partial charge in [0.05, 0.1) is 34.9 Å². The topological polar surface area (TPSA) is 97.2 Å². The molecule has 3 aromatic carbocycles. The van der Waals surface area contributed by atoms with Crippen LogP contribution in [0.2, 0.25) is 0 Å². The highest BCUT2D eigenvalue weighted by atomic mass is 16.4. The van der Waals surface area contributed by atoms with Crippen LogP contribution < -0.4 is 16.0 Å². The van der Waals surface area contributed by atoms with Crippen molar-refractivity contribution in [1.29, 1.82) is 5.26 Å². The largest absolute Gasteiger partial charge is 0.481 e. The first kappa shape index (κ1) is 22.4. The summed E-state index contributed by atoms with van der Waals surface area (Å²) in [6.45, 7) is 3.19. The second-order valence-electron chi connectivity index (χ2n) is 8.37. The van der Waals surface area contributed by atoms with Crippen molar-refractivity contribution in [1.82, 2.24) is 5.32 Å². The Labute approximate surface area is 194 Å². The maximum Gasteiger partial charge on any atom is 0.310 e. The van der Waals surface area contributed by atoms with Gasteiger partial charge in [0.15, 0.2) is 0 Å². The first-order valence-corrected chi connectivity index (χ1v) is 11.2. The number of nitrogens with zero attached hydrogens (tertiary/aromatic N) is 1. The molecule has 1 heterocycles. The van der Waals surface area contributed by atoms with Crippen LogP contribution in [0.5, 0.6) is 0 Å². The van der Waals surface area contributed by atoms with E-state index in [1.807, 2.05) is 60.7 Å². The molecule has 4 N–H and O–H groups in total. The van der Waals surface area contributed by atoms with Crippen LogP contribution in [0.4, 0.5) is 11.4 Å². The second-order valence-corrected chi connectivity index (χ2v) is 8.37. The average Bonchev–Trinajstić information content (AvgIpc) is 2.86. The van der Waals surface area contributed by atoms with E-state index in [4.69, 9.17) is 0 Å². The number of nitrogens with one attached hydrogen (secondary N) is 3. The molecule has 0 unspecified atom stereocenters. The van der Waals surface area contributed by atoms with Crippen LogP contribution in [0.15, 0.2) is 72.8 Å². The Morgan fingerprint density at radius 3 is 2.55 bits per heavy atom. The third-order valence-corrected chi connectivity index (χ3v) is 6.22. The lowest BCUT2D eigenvalue weighted by atomic mass is 9.95. The maximum absolute atomic E-state index is 11.2. The van der Waals surface area contributed by atoms with Crippen molar-refractivity contribution in [3.8, 4) is 6.07 Å². The average molecular weight is 441 g/mol. The number of aliphatic carboxylic acids is 1. The van der Waals surface area contributed by atoms with Gasteiger partial charge in [-0.3, -0.25) is 4.79 Å². The quantitative estimate of drug-likeness (QED) is 0.411. The van der Waals surface area contributed by atoms with Crippen molar-refractivity contribution >= 4 is 17.3 Å². The molecular weight excluding hydrogens is 412 g/mol. The van der Waals surface area contributed by atoms with Gasteiger partial charge in [-0.05, 0) is 48.7 Å². The van der Waals surface area contributed by atoms with Crippen LogP contribution in [-0.2, 0) is 11.2 Å². The van der Waals surface area contributed by atoms with Gasteiger partial charge in [0.2, 0.25) is 0 Å². The summed E-state index contributed by atoms with van der Waals surface area (Å²) in [5, 5.41) is 29.5. The fraction of sp³-hybridized carbons (Fsp3) is 0.259. The monoisotopic (exact) mass is 440 g/mol. The van der Waals surface area contributed by atoms with E-state index in [1.54, 1.807) is 6.92 Å². The summed E-state index contributed by atoms with van der Waals surface area (Å²) in [5.41, 5.74) is 5.58. The van der Waals surface area contributed by atoms with E-state index >= 15 is 0 Å². The molecule has 1 aliphatic rings. The summed E-state index contributed by atoms with van der Waals surface area (Å²) in [6.07, 6.45) is 0.825. The highest BCUT2D eigenvalue weighted by molar-refractivity contribution is 5.77. The Balaban J connectivity index is 1.46. The lowest BCUT2D eigenvalue weighted by Crippen LogP contribution is -2.44. The molecule has 0 spiro atoms. The number of rotatable bonds is 8. The van der Waals surface area contributed by atoms with Crippen LogP contribution in [-0.4, -0.2) is 30.2 Å². The van der Waals surface area contributed by atoms with Crippen LogP contribution in [0.25, 0.3) is 0 Å². The van der Waals surface area contributed by atoms with Gasteiger partial charge < -0.3 is 21.1 Å². The van der Waals surface area contributed by atoms with Gasteiger partial charge >= 0.3 is 5.97 Å². The summed E-state index contributed by atoms with van der Waals surface area (Å²) >= 11 is 0. The van der Waals surface area contributed by atoms with Gasteiger partial charge in [-0.25, -0.2) is 0 Å². The van der Waals surface area contributed by atoms with Gasteiger partial charge in [0.1, 0.15) is 6.07 Å². The predicted octanol–water partition coefficient (Wildman–Crippen LogP) is 4.53. The summed E-state index contributed by atoms with van der Waals surface area (Å²) in [6, 6.07) is 26.2. The third kappa shape index (κ3) is 5.16. The minimum Gasteiger partial charge on any atom is -0.481 e. The molecule has 6 nitrogen and oxygen atoms in total. The molecule has 3 aromatic rings. The first-order chi connectivity index (χ1) is 16.1. The van der Waals surface area contributed by atoms with E-state index in [9.17, 15) is 15.2 Å². The van der Waals surface area contributed by atoms with Gasteiger partial charge in [-0.1, -0.05) is 60.7 Å². The molecule has 168 valence electrons.